The van der Waals surface area contributed by atoms with E-state index in [2.05, 4.69) is 62.4 Å². The van der Waals surface area contributed by atoms with Gasteiger partial charge < -0.3 is 10.2 Å². The predicted molar refractivity (Wildman–Crippen MR) is 87.1 cm³/mol. The lowest BCUT2D eigenvalue weighted by molar-refractivity contribution is 0.326. The van der Waals surface area contributed by atoms with Gasteiger partial charge in [0.2, 0.25) is 0 Å². The summed E-state index contributed by atoms with van der Waals surface area (Å²) in [5, 5.41) is 3.68. The summed E-state index contributed by atoms with van der Waals surface area (Å²) in [5.41, 5.74) is 2.95. The first kappa shape index (κ1) is 15.5. The molecule has 2 rings (SSSR count). The van der Waals surface area contributed by atoms with Gasteiger partial charge in [0.15, 0.2) is 0 Å². The van der Waals surface area contributed by atoms with E-state index in [9.17, 15) is 0 Å². The molecule has 0 bridgehead atoms. The van der Waals surface area contributed by atoms with Crippen LogP contribution >= 0.6 is 0 Å². The Kier molecular flexibility index (Phi) is 5.62. The van der Waals surface area contributed by atoms with E-state index in [0.29, 0.717) is 6.04 Å². The number of hydrogen-bond donors (Lipinski definition) is 1. The molecule has 0 aromatic heterocycles. The average molecular weight is 274 g/mol. The van der Waals surface area contributed by atoms with E-state index in [1.165, 1.54) is 36.8 Å². The summed E-state index contributed by atoms with van der Waals surface area (Å²) in [6.45, 7) is 5.52. The molecule has 2 nitrogen and oxygen atoms in total. The Balaban J connectivity index is 1.87. The summed E-state index contributed by atoms with van der Waals surface area (Å²) < 4.78 is 0. The lowest BCUT2D eigenvalue weighted by Crippen LogP contribution is -2.37. The van der Waals surface area contributed by atoms with Crippen molar-refractivity contribution >= 4 is 0 Å². The highest BCUT2D eigenvalue weighted by atomic mass is 15.0. The van der Waals surface area contributed by atoms with Crippen molar-refractivity contribution in [2.75, 3.05) is 14.1 Å². The third kappa shape index (κ3) is 4.60. The number of benzene rings is 1. The molecule has 1 N–H and O–H groups in total. The molecule has 0 unspecified atom stereocenters. The van der Waals surface area contributed by atoms with Crippen LogP contribution in [0.2, 0.25) is 0 Å². The Hall–Kier alpha value is -0.860. The Morgan fingerprint density at radius 2 is 1.65 bits per heavy atom. The Morgan fingerprint density at radius 1 is 1.05 bits per heavy atom. The van der Waals surface area contributed by atoms with Crippen molar-refractivity contribution in [2.45, 2.75) is 64.1 Å². The van der Waals surface area contributed by atoms with Gasteiger partial charge in [-0.05, 0) is 56.8 Å². The number of nitrogens with zero attached hydrogens (tertiary/aromatic N) is 1. The molecular weight excluding hydrogens is 244 g/mol. The maximum Gasteiger partial charge on any atom is 0.0227 e. The largest absolute Gasteiger partial charge is 0.312 e. The maximum atomic E-state index is 3.68. The number of rotatable bonds is 5. The van der Waals surface area contributed by atoms with Crippen molar-refractivity contribution in [1.82, 2.24) is 10.2 Å². The summed E-state index contributed by atoms with van der Waals surface area (Å²) in [6, 6.07) is 10.6. The minimum absolute atomic E-state index is 0.613. The van der Waals surface area contributed by atoms with Gasteiger partial charge in [-0.25, -0.2) is 0 Å². The molecule has 0 amide bonds. The van der Waals surface area contributed by atoms with Crippen LogP contribution in [0.5, 0.6) is 0 Å². The van der Waals surface area contributed by atoms with Crippen molar-refractivity contribution in [3.8, 4) is 0 Å². The third-order valence-corrected chi connectivity index (χ3v) is 4.25. The fourth-order valence-electron chi connectivity index (χ4n) is 3.33. The van der Waals surface area contributed by atoms with E-state index in [-0.39, 0.29) is 0 Å². The Bertz CT molecular complexity index is 386. The van der Waals surface area contributed by atoms with E-state index >= 15 is 0 Å². The minimum atomic E-state index is 0.613. The third-order valence-electron chi connectivity index (χ3n) is 4.25. The first-order valence-electron chi connectivity index (χ1n) is 8.04. The molecule has 0 spiro atoms. The molecule has 1 aromatic rings. The first-order valence-corrected chi connectivity index (χ1v) is 8.04. The van der Waals surface area contributed by atoms with Gasteiger partial charge in [0.05, 0.1) is 0 Å². The fraction of sp³-hybridized carbons (Fsp3) is 0.667. The zero-order chi connectivity index (χ0) is 14.5. The molecule has 1 fully saturated rings. The smallest absolute Gasteiger partial charge is 0.0227 e. The van der Waals surface area contributed by atoms with Gasteiger partial charge in [-0.15, -0.1) is 0 Å². The topological polar surface area (TPSA) is 15.3 Å². The molecule has 0 atom stereocenters. The van der Waals surface area contributed by atoms with E-state index in [1.54, 1.807) is 0 Å². The first-order chi connectivity index (χ1) is 9.54. The Morgan fingerprint density at radius 3 is 2.15 bits per heavy atom. The highest BCUT2D eigenvalue weighted by Crippen LogP contribution is 2.33. The molecule has 0 radical (unpaired) electrons. The van der Waals surface area contributed by atoms with E-state index in [0.717, 1.165) is 18.5 Å². The average Bonchev–Trinajstić information content (AvgIpc) is 2.39. The molecule has 2 heteroatoms. The highest BCUT2D eigenvalue weighted by Gasteiger charge is 2.22. The molecular formula is C18H30N2. The minimum Gasteiger partial charge on any atom is -0.312 e. The summed E-state index contributed by atoms with van der Waals surface area (Å²) in [5.74, 6) is 0.772. The summed E-state index contributed by atoms with van der Waals surface area (Å²) in [7, 11) is 4.24. The van der Waals surface area contributed by atoms with Crippen molar-refractivity contribution in [2.24, 2.45) is 0 Å². The normalized spacial score (nSPS) is 23.5. The molecule has 1 aliphatic carbocycles. The second-order valence-electron chi connectivity index (χ2n) is 6.85. The van der Waals surface area contributed by atoms with Crippen LogP contribution in [0.3, 0.4) is 0 Å². The van der Waals surface area contributed by atoms with Crippen LogP contribution in [0, 0.1) is 0 Å². The van der Waals surface area contributed by atoms with E-state index in [1.807, 2.05) is 0 Å². The van der Waals surface area contributed by atoms with Gasteiger partial charge in [0.1, 0.15) is 0 Å². The van der Waals surface area contributed by atoms with Crippen LogP contribution in [0.1, 0.15) is 56.6 Å². The van der Waals surface area contributed by atoms with Crippen molar-refractivity contribution in [3.63, 3.8) is 0 Å². The maximum absolute atomic E-state index is 3.68. The molecule has 112 valence electrons. The number of hydrogen-bond acceptors (Lipinski definition) is 2. The molecule has 20 heavy (non-hydrogen) atoms. The zero-order valence-electron chi connectivity index (χ0n) is 13.5. The highest BCUT2D eigenvalue weighted by molar-refractivity contribution is 5.25. The van der Waals surface area contributed by atoms with Gasteiger partial charge in [-0.3, -0.25) is 0 Å². The van der Waals surface area contributed by atoms with Crippen LogP contribution in [0.25, 0.3) is 0 Å². The van der Waals surface area contributed by atoms with Gasteiger partial charge in [0.25, 0.3) is 0 Å². The summed E-state index contributed by atoms with van der Waals surface area (Å²) in [4.78, 5) is 2.22. The second kappa shape index (κ2) is 7.24. The molecule has 0 heterocycles. The molecule has 1 saturated carbocycles. The SMILES string of the molecule is CC(C)NC1CCC(c2ccc(CN(C)C)cc2)CC1. The lowest BCUT2D eigenvalue weighted by Gasteiger charge is -2.30. The van der Waals surface area contributed by atoms with Gasteiger partial charge in [-0.2, -0.15) is 0 Å². The van der Waals surface area contributed by atoms with Crippen LogP contribution in [-0.2, 0) is 6.54 Å². The fourth-order valence-corrected chi connectivity index (χ4v) is 3.33. The molecule has 1 aliphatic rings. The van der Waals surface area contributed by atoms with E-state index in [4.69, 9.17) is 0 Å². The quantitative estimate of drug-likeness (QED) is 0.879. The number of nitrogens with one attached hydrogen (secondary N) is 1. The van der Waals surface area contributed by atoms with Crippen molar-refractivity contribution in [1.29, 1.82) is 0 Å². The summed E-state index contributed by atoms with van der Waals surface area (Å²) >= 11 is 0. The van der Waals surface area contributed by atoms with Crippen LogP contribution < -0.4 is 5.32 Å². The standard InChI is InChI=1S/C18H30N2/c1-14(2)19-18-11-9-17(10-12-18)16-7-5-15(6-8-16)13-20(3)4/h5-8,14,17-19H,9-13H2,1-4H3. The van der Waals surface area contributed by atoms with Gasteiger partial charge in [-0.1, -0.05) is 38.1 Å². The predicted octanol–water partition coefficient (Wildman–Crippen LogP) is 3.77. The summed E-state index contributed by atoms with van der Waals surface area (Å²) in [6.07, 6.45) is 5.30. The van der Waals surface area contributed by atoms with Gasteiger partial charge >= 0.3 is 0 Å². The van der Waals surface area contributed by atoms with Crippen molar-refractivity contribution < 1.29 is 0 Å². The van der Waals surface area contributed by atoms with Crippen LogP contribution in [0.4, 0.5) is 0 Å². The van der Waals surface area contributed by atoms with E-state index < -0.39 is 0 Å². The lowest BCUT2D eigenvalue weighted by atomic mass is 9.81. The monoisotopic (exact) mass is 274 g/mol. The van der Waals surface area contributed by atoms with Crippen LogP contribution in [-0.4, -0.2) is 31.1 Å². The molecule has 0 aliphatic heterocycles. The Labute approximate surface area is 124 Å². The van der Waals surface area contributed by atoms with Gasteiger partial charge in [0, 0.05) is 18.6 Å². The second-order valence-corrected chi connectivity index (χ2v) is 6.85. The van der Waals surface area contributed by atoms with Crippen molar-refractivity contribution in [3.05, 3.63) is 35.4 Å². The molecule has 1 aromatic carbocycles. The zero-order valence-corrected chi connectivity index (χ0v) is 13.5. The molecule has 0 saturated heterocycles. The van der Waals surface area contributed by atoms with Crippen LogP contribution in [0.15, 0.2) is 24.3 Å².